The maximum atomic E-state index is 12.0. The highest BCUT2D eigenvalue weighted by molar-refractivity contribution is 5.73. The normalized spacial score (nSPS) is 27.5. The Morgan fingerprint density at radius 2 is 2.00 bits per heavy atom. The van der Waals surface area contributed by atoms with Crippen LogP contribution in [0.25, 0.3) is 0 Å². The van der Waals surface area contributed by atoms with Gasteiger partial charge in [0, 0.05) is 6.42 Å². The maximum absolute atomic E-state index is 12.0. The van der Waals surface area contributed by atoms with E-state index in [2.05, 4.69) is 6.92 Å². The molecule has 2 fully saturated rings. The Labute approximate surface area is 122 Å². The van der Waals surface area contributed by atoms with E-state index in [1.165, 1.54) is 26.4 Å². The van der Waals surface area contributed by atoms with Crippen molar-refractivity contribution in [3.63, 3.8) is 0 Å². The lowest BCUT2D eigenvalue weighted by Crippen LogP contribution is -2.20. The largest absolute Gasteiger partial charge is 0.469 e. The third-order valence-electron chi connectivity index (χ3n) is 4.55. The molecule has 1 aliphatic carbocycles. The van der Waals surface area contributed by atoms with Gasteiger partial charge in [0.15, 0.2) is 6.29 Å². The second-order valence-electron chi connectivity index (χ2n) is 6.05. The highest BCUT2D eigenvalue weighted by Gasteiger charge is 2.47. The fraction of sp³-hybridized carbons (Fsp3) is 0.938. The van der Waals surface area contributed by atoms with Crippen LogP contribution in [0, 0.1) is 17.8 Å². The number of ether oxygens (including phenoxy) is 3. The van der Waals surface area contributed by atoms with Crippen LogP contribution in [0.3, 0.4) is 0 Å². The minimum Gasteiger partial charge on any atom is -0.469 e. The van der Waals surface area contributed by atoms with Gasteiger partial charge in [0.1, 0.15) is 0 Å². The molecule has 0 amide bonds. The van der Waals surface area contributed by atoms with Crippen molar-refractivity contribution in [1.82, 2.24) is 0 Å². The van der Waals surface area contributed by atoms with E-state index in [-0.39, 0.29) is 18.2 Å². The molecule has 0 aromatic rings. The average molecular weight is 284 g/mol. The first-order chi connectivity index (χ1) is 9.76. The van der Waals surface area contributed by atoms with Crippen molar-refractivity contribution in [1.29, 1.82) is 0 Å². The molecule has 2 aliphatic rings. The van der Waals surface area contributed by atoms with E-state index in [1.807, 2.05) is 0 Å². The third-order valence-corrected chi connectivity index (χ3v) is 4.55. The van der Waals surface area contributed by atoms with E-state index < -0.39 is 0 Å². The van der Waals surface area contributed by atoms with Crippen molar-refractivity contribution in [2.24, 2.45) is 17.8 Å². The summed E-state index contributed by atoms with van der Waals surface area (Å²) in [6.07, 6.45) is 7.83. The van der Waals surface area contributed by atoms with Gasteiger partial charge in [-0.15, -0.1) is 0 Å². The number of hydrogen-bond donors (Lipinski definition) is 0. The van der Waals surface area contributed by atoms with E-state index in [9.17, 15) is 4.79 Å². The summed E-state index contributed by atoms with van der Waals surface area (Å²) in [5.74, 6) is 1.12. The molecule has 1 saturated carbocycles. The van der Waals surface area contributed by atoms with Gasteiger partial charge in [-0.1, -0.05) is 32.6 Å². The molecular formula is C16H28O4. The third kappa shape index (κ3) is 4.45. The highest BCUT2D eigenvalue weighted by Crippen LogP contribution is 2.49. The molecule has 0 aromatic carbocycles. The molecular weight excluding hydrogens is 256 g/mol. The quantitative estimate of drug-likeness (QED) is 0.482. The summed E-state index contributed by atoms with van der Waals surface area (Å²) in [6, 6.07) is 0. The van der Waals surface area contributed by atoms with Gasteiger partial charge in [0.05, 0.1) is 26.2 Å². The summed E-state index contributed by atoms with van der Waals surface area (Å²) in [4.78, 5) is 12.0. The summed E-state index contributed by atoms with van der Waals surface area (Å²) in [5.41, 5.74) is 0. The zero-order valence-electron chi connectivity index (χ0n) is 12.8. The molecule has 2 rings (SSSR count). The van der Waals surface area contributed by atoms with Gasteiger partial charge < -0.3 is 14.2 Å². The van der Waals surface area contributed by atoms with Crippen LogP contribution in [-0.4, -0.2) is 32.6 Å². The number of carbonyl (C=O) groups is 1. The number of carbonyl (C=O) groups excluding carboxylic acids is 1. The number of rotatable bonds is 9. The maximum Gasteiger partial charge on any atom is 0.308 e. The summed E-state index contributed by atoms with van der Waals surface area (Å²) in [5, 5.41) is 0. The van der Waals surface area contributed by atoms with Crippen LogP contribution in [0.1, 0.15) is 51.9 Å². The van der Waals surface area contributed by atoms with Gasteiger partial charge in [0.2, 0.25) is 0 Å². The number of hydrogen-bond acceptors (Lipinski definition) is 4. The lowest BCUT2D eigenvalue weighted by molar-refractivity contribution is -0.146. The molecule has 3 atom stereocenters. The van der Waals surface area contributed by atoms with Gasteiger partial charge in [-0.3, -0.25) is 4.79 Å². The van der Waals surface area contributed by atoms with E-state index in [0.29, 0.717) is 25.0 Å². The predicted molar refractivity (Wildman–Crippen MR) is 76.2 cm³/mol. The monoisotopic (exact) mass is 284 g/mol. The molecule has 3 unspecified atom stereocenters. The Morgan fingerprint density at radius 3 is 2.65 bits per heavy atom. The molecule has 20 heavy (non-hydrogen) atoms. The van der Waals surface area contributed by atoms with Crippen molar-refractivity contribution in [2.75, 3.05) is 20.3 Å². The van der Waals surface area contributed by atoms with Gasteiger partial charge in [-0.05, 0) is 24.7 Å². The van der Waals surface area contributed by atoms with E-state index >= 15 is 0 Å². The SMILES string of the molecule is CCCCCCC(C(=O)OC)C1CC1CC1OCCO1. The van der Waals surface area contributed by atoms with Gasteiger partial charge in [-0.2, -0.15) is 0 Å². The Balaban J connectivity index is 1.74. The predicted octanol–water partition coefficient (Wildman–Crippen LogP) is 3.15. The van der Waals surface area contributed by atoms with Gasteiger partial charge in [-0.25, -0.2) is 0 Å². The Bertz CT molecular complexity index is 299. The number of methoxy groups -OCH3 is 1. The van der Waals surface area contributed by atoms with Crippen LogP contribution in [0.4, 0.5) is 0 Å². The van der Waals surface area contributed by atoms with E-state index in [1.54, 1.807) is 0 Å². The number of esters is 1. The van der Waals surface area contributed by atoms with Crippen molar-refractivity contribution in [3.05, 3.63) is 0 Å². The average Bonchev–Trinajstić information content (AvgIpc) is 2.99. The Kier molecular flexibility index (Phi) is 6.30. The van der Waals surface area contributed by atoms with E-state index in [0.717, 1.165) is 25.7 Å². The molecule has 1 aliphatic heterocycles. The first kappa shape index (κ1) is 15.8. The van der Waals surface area contributed by atoms with Crippen LogP contribution in [0.5, 0.6) is 0 Å². The van der Waals surface area contributed by atoms with Gasteiger partial charge >= 0.3 is 5.97 Å². The summed E-state index contributed by atoms with van der Waals surface area (Å²) < 4.78 is 16.0. The fourth-order valence-electron chi connectivity index (χ4n) is 3.27. The first-order valence-corrected chi connectivity index (χ1v) is 8.07. The Morgan fingerprint density at radius 1 is 1.25 bits per heavy atom. The minimum atomic E-state index is -0.0385. The molecule has 0 spiro atoms. The highest BCUT2D eigenvalue weighted by atomic mass is 16.7. The lowest BCUT2D eigenvalue weighted by atomic mass is 9.94. The molecule has 0 aromatic heterocycles. The zero-order valence-corrected chi connectivity index (χ0v) is 12.8. The summed E-state index contributed by atoms with van der Waals surface area (Å²) in [6.45, 7) is 3.62. The van der Waals surface area contributed by atoms with Gasteiger partial charge in [0.25, 0.3) is 0 Å². The van der Waals surface area contributed by atoms with Crippen LogP contribution in [0.15, 0.2) is 0 Å². The second-order valence-corrected chi connectivity index (χ2v) is 6.05. The molecule has 0 radical (unpaired) electrons. The lowest BCUT2D eigenvalue weighted by Gasteiger charge is -2.15. The van der Waals surface area contributed by atoms with E-state index in [4.69, 9.17) is 14.2 Å². The van der Waals surface area contributed by atoms with Crippen molar-refractivity contribution in [3.8, 4) is 0 Å². The Hall–Kier alpha value is -0.610. The molecule has 116 valence electrons. The van der Waals surface area contributed by atoms with Crippen LogP contribution < -0.4 is 0 Å². The molecule has 1 saturated heterocycles. The van der Waals surface area contributed by atoms with Crippen LogP contribution in [-0.2, 0) is 19.0 Å². The number of unbranched alkanes of at least 4 members (excludes halogenated alkanes) is 3. The first-order valence-electron chi connectivity index (χ1n) is 8.07. The summed E-state index contributed by atoms with van der Waals surface area (Å²) >= 11 is 0. The van der Waals surface area contributed by atoms with Crippen molar-refractivity contribution < 1.29 is 19.0 Å². The molecule has 1 heterocycles. The fourth-order valence-corrected chi connectivity index (χ4v) is 3.27. The topological polar surface area (TPSA) is 44.8 Å². The molecule has 4 nitrogen and oxygen atoms in total. The molecule has 4 heteroatoms. The van der Waals surface area contributed by atoms with Crippen LogP contribution in [0.2, 0.25) is 0 Å². The molecule has 0 bridgehead atoms. The smallest absolute Gasteiger partial charge is 0.308 e. The second kappa shape index (κ2) is 7.99. The van der Waals surface area contributed by atoms with Crippen molar-refractivity contribution >= 4 is 5.97 Å². The zero-order chi connectivity index (χ0) is 14.4. The van der Waals surface area contributed by atoms with Crippen LogP contribution >= 0.6 is 0 Å². The standard InChI is InChI=1S/C16H28O4/c1-3-4-5-6-7-13(16(17)18-2)14-10-12(14)11-15-19-8-9-20-15/h12-15H,3-11H2,1-2H3. The molecule has 0 N–H and O–H groups in total. The minimum absolute atomic E-state index is 0.0257. The van der Waals surface area contributed by atoms with Crippen molar-refractivity contribution in [2.45, 2.75) is 58.2 Å². The summed E-state index contributed by atoms with van der Waals surface area (Å²) in [7, 11) is 1.50.